The molecule has 0 aliphatic heterocycles. The maximum atomic E-state index is 8.98. The van der Waals surface area contributed by atoms with E-state index in [1.807, 2.05) is 19.2 Å². The van der Waals surface area contributed by atoms with Crippen molar-refractivity contribution in [1.29, 1.82) is 0 Å². The lowest BCUT2D eigenvalue weighted by atomic mass is 9.94. The molecule has 0 atom stereocenters. The Labute approximate surface area is 170 Å². The molecule has 2 N–H and O–H groups in total. The van der Waals surface area contributed by atoms with Crippen LogP contribution in [0.4, 0.5) is 5.82 Å². The number of nitrogens with zero attached hydrogens (tertiary/aromatic N) is 4. The van der Waals surface area contributed by atoms with Crippen molar-refractivity contribution in [1.82, 2.24) is 14.9 Å². The van der Waals surface area contributed by atoms with E-state index in [2.05, 4.69) is 64.4 Å². The summed E-state index contributed by atoms with van der Waals surface area (Å²) in [5.41, 5.74) is 5.34. The Balaban J connectivity index is 1.68. The van der Waals surface area contributed by atoms with E-state index >= 15 is 0 Å². The van der Waals surface area contributed by atoms with Crippen LogP contribution in [0.5, 0.6) is 0 Å². The molecule has 6 nitrogen and oxygen atoms in total. The fourth-order valence-electron chi connectivity index (χ4n) is 2.75. The summed E-state index contributed by atoms with van der Waals surface area (Å²) in [5.74, 6) is 0.718. The van der Waals surface area contributed by atoms with E-state index in [0.29, 0.717) is 6.54 Å². The van der Waals surface area contributed by atoms with Gasteiger partial charge >= 0.3 is 0 Å². The summed E-state index contributed by atoms with van der Waals surface area (Å²) in [4.78, 5) is 13.0. The maximum Gasteiger partial charge on any atom is 0.158 e. The van der Waals surface area contributed by atoms with Crippen LogP contribution in [0, 0.1) is 0 Å². The van der Waals surface area contributed by atoms with Crippen LogP contribution in [-0.2, 0) is 12.0 Å². The highest BCUT2D eigenvalue weighted by molar-refractivity contribution is 7.18. The topological polar surface area (TPSA) is 73.6 Å². The summed E-state index contributed by atoms with van der Waals surface area (Å²) in [5, 5.41) is 14.3. The summed E-state index contributed by atoms with van der Waals surface area (Å²) >= 11 is 1.70. The summed E-state index contributed by atoms with van der Waals surface area (Å²) in [6.07, 6.45) is 3.35. The lowest BCUT2D eigenvalue weighted by Crippen LogP contribution is -2.21. The van der Waals surface area contributed by atoms with Crippen molar-refractivity contribution >= 4 is 33.6 Å². The molecule has 2 aromatic heterocycles. The molecular formula is C21H27N5OS. The molecule has 28 heavy (non-hydrogen) atoms. The number of aromatic nitrogens is 2. The number of rotatable bonds is 7. The number of aliphatic hydroxyl groups is 1. The molecular weight excluding hydrogens is 370 g/mol. The molecule has 0 bridgehead atoms. The van der Waals surface area contributed by atoms with E-state index in [1.165, 1.54) is 10.4 Å². The normalized spacial score (nSPS) is 12.4. The fraction of sp³-hybridized carbons (Fsp3) is 0.381. The van der Waals surface area contributed by atoms with Crippen LogP contribution in [0.25, 0.3) is 10.2 Å². The van der Waals surface area contributed by atoms with Crippen LogP contribution in [0.1, 0.15) is 36.8 Å². The standard InChI is InChI=1S/C21H27N5OS/c1-21(2,3)18-11-17-19(22-14-23-20(17)28-18)25-24-12-15-5-7-16(8-6-15)13-26(4)9-10-27/h5-8,11-12,14,27H,9-10,13H2,1-4H3,(H,22,23,25). The molecule has 3 rings (SSSR count). The van der Waals surface area contributed by atoms with Gasteiger partial charge in [-0.05, 0) is 29.7 Å². The molecule has 0 fully saturated rings. The molecule has 0 unspecified atom stereocenters. The smallest absolute Gasteiger partial charge is 0.158 e. The number of likely N-dealkylation sites (N-methyl/N-ethyl adjacent to an activating group) is 1. The summed E-state index contributed by atoms with van der Waals surface area (Å²) in [7, 11) is 1.99. The van der Waals surface area contributed by atoms with Crippen LogP contribution >= 0.6 is 11.3 Å². The highest BCUT2D eigenvalue weighted by Gasteiger charge is 2.18. The molecule has 0 spiro atoms. The van der Waals surface area contributed by atoms with Crippen molar-refractivity contribution in [3.05, 3.63) is 52.7 Å². The Morgan fingerprint density at radius 2 is 1.96 bits per heavy atom. The number of anilines is 1. The number of hydrazone groups is 1. The van der Waals surface area contributed by atoms with Gasteiger partial charge in [0.2, 0.25) is 0 Å². The van der Waals surface area contributed by atoms with Crippen molar-refractivity contribution in [2.24, 2.45) is 5.10 Å². The molecule has 148 valence electrons. The number of thiophene rings is 1. The Bertz CT molecular complexity index is 944. The van der Waals surface area contributed by atoms with Gasteiger partial charge in [-0.15, -0.1) is 11.3 Å². The zero-order valence-corrected chi connectivity index (χ0v) is 17.6. The average Bonchev–Trinajstić information content (AvgIpc) is 3.09. The molecule has 0 saturated heterocycles. The molecule has 2 heterocycles. The molecule has 0 amide bonds. The Hall–Kier alpha value is -2.35. The highest BCUT2D eigenvalue weighted by atomic mass is 32.1. The van der Waals surface area contributed by atoms with E-state index in [0.717, 1.165) is 28.1 Å². The molecule has 0 saturated carbocycles. The number of hydrogen-bond donors (Lipinski definition) is 2. The highest BCUT2D eigenvalue weighted by Crippen LogP contribution is 2.35. The predicted molar refractivity (Wildman–Crippen MR) is 117 cm³/mol. The lowest BCUT2D eigenvalue weighted by Gasteiger charge is -2.14. The zero-order chi connectivity index (χ0) is 20.1. The SMILES string of the molecule is CN(CCO)Cc1ccc(C=NNc2ncnc3sc(C(C)(C)C)cc23)cc1. The second-order valence-electron chi connectivity index (χ2n) is 7.87. The molecule has 1 aromatic carbocycles. The first kappa shape index (κ1) is 20.4. The van der Waals surface area contributed by atoms with Gasteiger partial charge in [0, 0.05) is 18.0 Å². The van der Waals surface area contributed by atoms with Crippen LogP contribution in [0.15, 0.2) is 41.8 Å². The Kier molecular flexibility index (Phi) is 6.39. The Morgan fingerprint density at radius 1 is 1.21 bits per heavy atom. The fourth-order valence-corrected chi connectivity index (χ4v) is 3.81. The second kappa shape index (κ2) is 8.77. The first-order valence-electron chi connectivity index (χ1n) is 9.29. The van der Waals surface area contributed by atoms with Gasteiger partial charge in [0.05, 0.1) is 18.2 Å². The quantitative estimate of drug-likeness (QED) is 0.468. The maximum absolute atomic E-state index is 8.98. The average molecular weight is 398 g/mol. The van der Waals surface area contributed by atoms with Crippen molar-refractivity contribution in [2.75, 3.05) is 25.6 Å². The second-order valence-corrected chi connectivity index (χ2v) is 8.91. The van der Waals surface area contributed by atoms with E-state index in [-0.39, 0.29) is 12.0 Å². The summed E-state index contributed by atoms with van der Waals surface area (Å²) in [6.45, 7) is 8.24. The Morgan fingerprint density at radius 3 is 2.64 bits per heavy atom. The molecule has 0 aliphatic carbocycles. The third-order valence-corrected chi connectivity index (χ3v) is 5.84. The molecule has 3 aromatic rings. The minimum Gasteiger partial charge on any atom is -0.395 e. The number of hydrogen-bond acceptors (Lipinski definition) is 7. The van der Waals surface area contributed by atoms with Crippen molar-refractivity contribution in [3.8, 4) is 0 Å². The first-order chi connectivity index (χ1) is 13.4. The third kappa shape index (κ3) is 5.13. The number of nitrogens with one attached hydrogen (secondary N) is 1. The van der Waals surface area contributed by atoms with Gasteiger partial charge < -0.3 is 5.11 Å². The van der Waals surface area contributed by atoms with Crippen LogP contribution in [0.3, 0.4) is 0 Å². The number of fused-ring (bicyclic) bond motifs is 1. The monoisotopic (exact) mass is 397 g/mol. The number of aliphatic hydroxyl groups excluding tert-OH is 1. The van der Waals surface area contributed by atoms with Crippen LogP contribution < -0.4 is 5.43 Å². The van der Waals surface area contributed by atoms with Crippen LogP contribution in [0.2, 0.25) is 0 Å². The van der Waals surface area contributed by atoms with Gasteiger partial charge in [0.1, 0.15) is 11.2 Å². The third-order valence-electron chi connectivity index (χ3n) is 4.37. The first-order valence-corrected chi connectivity index (χ1v) is 10.1. The van der Waals surface area contributed by atoms with E-state index in [1.54, 1.807) is 23.9 Å². The largest absolute Gasteiger partial charge is 0.395 e. The van der Waals surface area contributed by atoms with Crippen molar-refractivity contribution in [2.45, 2.75) is 32.7 Å². The van der Waals surface area contributed by atoms with Gasteiger partial charge in [-0.1, -0.05) is 45.0 Å². The van der Waals surface area contributed by atoms with Crippen molar-refractivity contribution < 1.29 is 5.11 Å². The van der Waals surface area contributed by atoms with E-state index < -0.39 is 0 Å². The summed E-state index contributed by atoms with van der Waals surface area (Å²) < 4.78 is 0. The summed E-state index contributed by atoms with van der Waals surface area (Å²) in [6, 6.07) is 10.4. The molecule has 0 aliphatic rings. The predicted octanol–water partition coefficient (Wildman–Crippen LogP) is 3.86. The molecule has 0 radical (unpaired) electrons. The van der Waals surface area contributed by atoms with Gasteiger partial charge in [-0.25, -0.2) is 9.97 Å². The van der Waals surface area contributed by atoms with Gasteiger partial charge in [-0.2, -0.15) is 5.10 Å². The number of benzene rings is 1. The van der Waals surface area contributed by atoms with E-state index in [9.17, 15) is 0 Å². The lowest BCUT2D eigenvalue weighted by molar-refractivity contribution is 0.217. The molecule has 7 heteroatoms. The van der Waals surface area contributed by atoms with Crippen LogP contribution in [-0.4, -0.2) is 46.4 Å². The van der Waals surface area contributed by atoms with Gasteiger partial charge in [-0.3, -0.25) is 10.3 Å². The van der Waals surface area contributed by atoms with Gasteiger partial charge in [0.25, 0.3) is 0 Å². The van der Waals surface area contributed by atoms with E-state index in [4.69, 9.17) is 5.11 Å². The zero-order valence-electron chi connectivity index (χ0n) is 16.8. The van der Waals surface area contributed by atoms with Crippen molar-refractivity contribution in [3.63, 3.8) is 0 Å². The minimum atomic E-state index is 0.0822. The van der Waals surface area contributed by atoms with Gasteiger partial charge in [0.15, 0.2) is 5.82 Å². The minimum absolute atomic E-state index is 0.0822.